The molecular formula is C20H24N2O3S. The lowest BCUT2D eigenvalue weighted by molar-refractivity contribution is -0.116. The van der Waals surface area contributed by atoms with Crippen LogP contribution in [0.5, 0.6) is 5.75 Å². The molecule has 1 amide bonds. The number of morpholine rings is 1. The molecule has 1 aliphatic rings. The highest BCUT2D eigenvalue weighted by Crippen LogP contribution is 2.25. The molecule has 1 atom stereocenters. The van der Waals surface area contributed by atoms with Crippen molar-refractivity contribution in [3.8, 4) is 5.75 Å². The molecule has 0 spiro atoms. The second-order valence-electron chi connectivity index (χ2n) is 6.03. The first-order chi connectivity index (χ1) is 12.8. The number of ether oxygens (including phenoxy) is 2. The second kappa shape index (κ2) is 9.52. The molecule has 26 heavy (non-hydrogen) atoms. The van der Waals surface area contributed by atoms with Gasteiger partial charge in [0.25, 0.3) is 0 Å². The molecule has 3 rings (SSSR count). The van der Waals surface area contributed by atoms with Crippen molar-refractivity contribution in [1.82, 2.24) is 10.2 Å². The summed E-state index contributed by atoms with van der Waals surface area (Å²) in [5, 5.41) is 5.11. The topological polar surface area (TPSA) is 50.8 Å². The fourth-order valence-corrected chi connectivity index (χ4v) is 3.81. The van der Waals surface area contributed by atoms with Gasteiger partial charge in [0.1, 0.15) is 5.75 Å². The highest BCUT2D eigenvalue weighted by Gasteiger charge is 2.23. The summed E-state index contributed by atoms with van der Waals surface area (Å²) in [7, 11) is 1.63. The summed E-state index contributed by atoms with van der Waals surface area (Å²) in [6.45, 7) is 3.84. The van der Waals surface area contributed by atoms with E-state index >= 15 is 0 Å². The van der Waals surface area contributed by atoms with Crippen LogP contribution in [0.25, 0.3) is 6.08 Å². The molecule has 1 N–H and O–H groups in total. The van der Waals surface area contributed by atoms with Crippen LogP contribution in [0.3, 0.4) is 0 Å². The molecule has 1 aromatic heterocycles. The number of thiophene rings is 1. The molecule has 138 valence electrons. The minimum atomic E-state index is -0.0948. The van der Waals surface area contributed by atoms with E-state index in [4.69, 9.17) is 9.47 Å². The second-order valence-corrected chi connectivity index (χ2v) is 7.01. The third kappa shape index (κ3) is 5.17. The van der Waals surface area contributed by atoms with Crippen LogP contribution in [0, 0.1) is 0 Å². The van der Waals surface area contributed by atoms with E-state index in [1.54, 1.807) is 30.6 Å². The van der Waals surface area contributed by atoms with Gasteiger partial charge in [0.05, 0.1) is 26.4 Å². The molecule has 1 fully saturated rings. The minimum Gasteiger partial charge on any atom is -0.497 e. The summed E-state index contributed by atoms with van der Waals surface area (Å²) in [6.07, 6.45) is 3.37. The Hall–Kier alpha value is -2.15. The van der Waals surface area contributed by atoms with E-state index in [0.717, 1.165) is 37.6 Å². The maximum atomic E-state index is 12.3. The van der Waals surface area contributed by atoms with Crippen LogP contribution in [0.15, 0.2) is 47.9 Å². The Bertz CT molecular complexity index is 724. The van der Waals surface area contributed by atoms with Gasteiger partial charge in [-0.05, 0) is 35.2 Å². The SMILES string of the molecule is COc1cccc(C=CC(=O)NCC(c2cccs2)N2CCOCC2)c1. The number of carbonyl (C=O) groups excluding carboxylic acids is 1. The van der Waals surface area contributed by atoms with E-state index in [-0.39, 0.29) is 11.9 Å². The monoisotopic (exact) mass is 372 g/mol. The third-order valence-corrected chi connectivity index (χ3v) is 5.32. The first-order valence-corrected chi connectivity index (χ1v) is 9.59. The van der Waals surface area contributed by atoms with Crippen LogP contribution in [-0.2, 0) is 9.53 Å². The maximum absolute atomic E-state index is 12.3. The summed E-state index contributed by atoms with van der Waals surface area (Å²) in [6, 6.07) is 12.0. The highest BCUT2D eigenvalue weighted by atomic mass is 32.1. The van der Waals surface area contributed by atoms with Gasteiger partial charge in [0, 0.05) is 30.6 Å². The lowest BCUT2D eigenvalue weighted by Gasteiger charge is -2.34. The van der Waals surface area contributed by atoms with E-state index in [1.165, 1.54) is 4.88 Å². The van der Waals surface area contributed by atoms with Gasteiger partial charge >= 0.3 is 0 Å². The lowest BCUT2D eigenvalue weighted by atomic mass is 10.1. The standard InChI is InChI=1S/C20H24N2O3S/c1-24-17-5-2-4-16(14-17)7-8-20(23)21-15-18(19-6-3-13-26-19)22-9-11-25-12-10-22/h2-8,13-14,18H,9-12,15H2,1H3,(H,21,23). The zero-order valence-electron chi connectivity index (χ0n) is 14.9. The Morgan fingerprint density at radius 2 is 2.19 bits per heavy atom. The molecule has 0 bridgehead atoms. The average molecular weight is 372 g/mol. The molecule has 1 aliphatic heterocycles. The largest absolute Gasteiger partial charge is 0.497 e. The van der Waals surface area contributed by atoms with Crippen molar-refractivity contribution in [2.45, 2.75) is 6.04 Å². The van der Waals surface area contributed by atoms with Crippen LogP contribution < -0.4 is 10.1 Å². The van der Waals surface area contributed by atoms with Crippen LogP contribution in [-0.4, -0.2) is 50.8 Å². The number of hydrogen-bond donors (Lipinski definition) is 1. The first-order valence-electron chi connectivity index (χ1n) is 8.71. The summed E-state index contributed by atoms with van der Waals surface area (Å²) in [5.74, 6) is 0.681. The highest BCUT2D eigenvalue weighted by molar-refractivity contribution is 7.10. The number of carbonyl (C=O) groups is 1. The Balaban J connectivity index is 1.59. The summed E-state index contributed by atoms with van der Waals surface area (Å²) < 4.78 is 10.7. The fourth-order valence-electron chi connectivity index (χ4n) is 2.95. The molecule has 6 heteroatoms. The van der Waals surface area contributed by atoms with Crippen molar-refractivity contribution in [3.05, 3.63) is 58.3 Å². The van der Waals surface area contributed by atoms with Gasteiger partial charge < -0.3 is 14.8 Å². The van der Waals surface area contributed by atoms with Gasteiger partial charge in [0.2, 0.25) is 5.91 Å². The number of nitrogens with zero attached hydrogens (tertiary/aromatic N) is 1. The van der Waals surface area contributed by atoms with Gasteiger partial charge in [-0.15, -0.1) is 11.3 Å². The zero-order valence-corrected chi connectivity index (χ0v) is 15.7. The molecule has 1 saturated heterocycles. The minimum absolute atomic E-state index is 0.0948. The van der Waals surface area contributed by atoms with Crippen molar-refractivity contribution in [1.29, 1.82) is 0 Å². The molecule has 1 aromatic carbocycles. The predicted molar refractivity (Wildman–Crippen MR) is 104 cm³/mol. The van der Waals surface area contributed by atoms with Crippen LogP contribution in [0.2, 0.25) is 0 Å². The third-order valence-electron chi connectivity index (χ3n) is 4.35. The molecule has 1 unspecified atom stereocenters. The average Bonchev–Trinajstić information content (AvgIpc) is 3.22. The van der Waals surface area contributed by atoms with Gasteiger partial charge in [-0.2, -0.15) is 0 Å². The molecule has 2 heterocycles. The van der Waals surface area contributed by atoms with E-state index < -0.39 is 0 Å². The number of rotatable bonds is 7. The van der Waals surface area contributed by atoms with Crippen LogP contribution in [0.1, 0.15) is 16.5 Å². The van der Waals surface area contributed by atoms with Crippen molar-refractivity contribution >= 4 is 23.3 Å². The first kappa shape index (κ1) is 18.6. The normalized spacial score (nSPS) is 16.5. The number of methoxy groups -OCH3 is 1. The Kier molecular flexibility index (Phi) is 6.82. The van der Waals surface area contributed by atoms with E-state index in [1.807, 2.05) is 24.3 Å². The number of hydrogen-bond acceptors (Lipinski definition) is 5. The van der Waals surface area contributed by atoms with E-state index in [9.17, 15) is 4.79 Å². The summed E-state index contributed by atoms with van der Waals surface area (Å²) >= 11 is 1.72. The maximum Gasteiger partial charge on any atom is 0.244 e. The fraction of sp³-hybridized carbons (Fsp3) is 0.350. The van der Waals surface area contributed by atoms with Crippen molar-refractivity contribution in [2.75, 3.05) is 40.0 Å². The quantitative estimate of drug-likeness (QED) is 0.759. The molecule has 5 nitrogen and oxygen atoms in total. The molecule has 2 aromatic rings. The number of nitrogens with one attached hydrogen (secondary N) is 1. The van der Waals surface area contributed by atoms with Gasteiger partial charge in [-0.25, -0.2) is 0 Å². The van der Waals surface area contributed by atoms with Gasteiger partial charge in [0.15, 0.2) is 0 Å². The summed E-state index contributed by atoms with van der Waals surface area (Å²) in [5.41, 5.74) is 0.933. The number of benzene rings is 1. The Morgan fingerprint density at radius 1 is 1.35 bits per heavy atom. The molecule has 0 saturated carbocycles. The van der Waals surface area contributed by atoms with Crippen molar-refractivity contribution in [2.24, 2.45) is 0 Å². The van der Waals surface area contributed by atoms with E-state index in [2.05, 4.69) is 27.7 Å². The predicted octanol–water partition coefficient (Wildman–Crippen LogP) is 2.96. The van der Waals surface area contributed by atoms with Crippen molar-refractivity contribution < 1.29 is 14.3 Å². The Labute approximate surface area is 158 Å². The molecular weight excluding hydrogens is 348 g/mol. The zero-order chi connectivity index (χ0) is 18.2. The van der Waals surface area contributed by atoms with Gasteiger partial charge in [-0.1, -0.05) is 18.2 Å². The Morgan fingerprint density at radius 3 is 2.92 bits per heavy atom. The molecule has 0 radical (unpaired) electrons. The summed E-state index contributed by atoms with van der Waals surface area (Å²) in [4.78, 5) is 15.9. The van der Waals surface area contributed by atoms with Crippen LogP contribution >= 0.6 is 11.3 Å². The molecule has 0 aliphatic carbocycles. The lowest BCUT2D eigenvalue weighted by Crippen LogP contribution is -2.43. The van der Waals surface area contributed by atoms with Crippen molar-refractivity contribution in [3.63, 3.8) is 0 Å². The van der Waals surface area contributed by atoms with Crippen LogP contribution in [0.4, 0.5) is 0 Å². The van der Waals surface area contributed by atoms with E-state index in [0.29, 0.717) is 6.54 Å². The smallest absolute Gasteiger partial charge is 0.244 e. The number of amides is 1. The van der Waals surface area contributed by atoms with Gasteiger partial charge in [-0.3, -0.25) is 9.69 Å².